The second-order valence-electron chi connectivity index (χ2n) is 5.89. The third-order valence-electron chi connectivity index (χ3n) is 4.14. The van der Waals surface area contributed by atoms with Gasteiger partial charge in [0.1, 0.15) is 11.5 Å². The number of hydrogen-bond acceptors (Lipinski definition) is 3. The summed E-state index contributed by atoms with van der Waals surface area (Å²) >= 11 is 0. The van der Waals surface area contributed by atoms with E-state index in [0.29, 0.717) is 19.5 Å². The zero-order valence-electron chi connectivity index (χ0n) is 13.2. The van der Waals surface area contributed by atoms with Crippen molar-refractivity contribution >= 4 is 11.9 Å². The monoisotopic (exact) mass is 325 g/mol. The zero-order valence-corrected chi connectivity index (χ0v) is 13.2. The highest BCUT2D eigenvalue weighted by atomic mass is 16.5. The number of carboxylic acids is 1. The SMILES string of the molecule is O=C(O)C1CC(=O)N(CCc2ccc(Oc3ccccc3)cc2)C1. The molecule has 0 radical (unpaired) electrons. The topological polar surface area (TPSA) is 66.8 Å². The summed E-state index contributed by atoms with van der Waals surface area (Å²) in [6, 6.07) is 17.3. The molecule has 1 fully saturated rings. The number of hydrogen-bond donors (Lipinski definition) is 1. The number of nitrogens with zero attached hydrogens (tertiary/aromatic N) is 1. The molecular formula is C19H19NO4. The quantitative estimate of drug-likeness (QED) is 0.887. The van der Waals surface area contributed by atoms with Crippen LogP contribution in [0.25, 0.3) is 0 Å². The van der Waals surface area contributed by atoms with Gasteiger partial charge in [-0.05, 0) is 36.2 Å². The fraction of sp³-hybridized carbons (Fsp3) is 0.263. The van der Waals surface area contributed by atoms with E-state index in [1.807, 2.05) is 54.6 Å². The van der Waals surface area contributed by atoms with E-state index in [9.17, 15) is 9.59 Å². The van der Waals surface area contributed by atoms with Crippen LogP contribution in [0.2, 0.25) is 0 Å². The normalized spacial score (nSPS) is 17.1. The Kier molecular flexibility index (Phi) is 4.79. The predicted molar refractivity (Wildman–Crippen MR) is 89.0 cm³/mol. The van der Waals surface area contributed by atoms with Gasteiger partial charge in [0, 0.05) is 19.5 Å². The number of carbonyl (C=O) groups excluding carboxylic acids is 1. The van der Waals surface area contributed by atoms with Crippen LogP contribution in [0.3, 0.4) is 0 Å². The van der Waals surface area contributed by atoms with Gasteiger partial charge in [-0.25, -0.2) is 0 Å². The zero-order chi connectivity index (χ0) is 16.9. The van der Waals surface area contributed by atoms with Crippen LogP contribution in [0.15, 0.2) is 54.6 Å². The highest BCUT2D eigenvalue weighted by Crippen LogP contribution is 2.22. The Balaban J connectivity index is 1.53. The Morgan fingerprint density at radius 2 is 1.75 bits per heavy atom. The molecule has 5 nitrogen and oxygen atoms in total. The van der Waals surface area contributed by atoms with Crippen LogP contribution in [0.5, 0.6) is 11.5 Å². The molecule has 0 aliphatic carbocycles. The number of para-hydroxylation sites is 1. The highest BCUT2D eigenvalue weighted by Gasteiger charge is 2.33. The summed E-state index contributed by atoms with van der Waals surface area (Å²) in [6.07, 6.45) is 0.808. The lowest BCUT2D eigenvalue weighted by molar-refractivity contribution is -0.141. The van der Waals surface area contributed by atoms with Crippen LogP contribution in [0, 0.1) is 5.92 Å². The molecule has 0 bridgehead atoms. The molecule has 1 atom stereocenters. The Bertz CT molecular complexity index is 712. The molecule has 0 aromatic heterocycles. The first-order valence-electron chi connectivity index (χ1n) is 7.94. The maximum absolute atomic E-state index is 11.8. The number of carbonyl (C=O) groups is 2. The molecule has 2 aromatic rings. The van der Waals surface area contributed by atoms with Crippen molar-refractivity contribution in [3.63, 3.8) is 0 Å². The predicted octanol–water partition coefficient (Wildman–Crippen LogP) is 2.95. The van der Waals surface area contributed by atoms with Crippen molar-refractivity contribution in [1.29, 1.82) is 0 Å². The summed E-state index contributed by atoms with van der Waals surface area (Å²) in [6.45, 7) is 0.852. The van der Waals surface area contributed by atoms with Crippen molar-refractivity contribution in [1.82, 2.24) is 4.90 Å². The highest BCUT2D eigenvalue weighted by molar-refractivity contribution is 5.86. The van der Waals surface area contributed by atoms with E-state index < -0.39 is 11.9 Å². The van der Waals surface area contributed by atoms with Gasteiger partial charge in [-0.3, -0.25) is 9.59 Å². The minimum absolute atomic E-state index is 0.0774. The summed E-state index contributed by atoms with van der Waals surface area (Å²) in [7, 11) is 0. The Morgan fingerprint density at radius 3 is 2.38 bits per heavy atom. The van der Waals surface area contributed by atoms with Crippen LogP contribution in [-0.2, 0) is 16.0 Å². The summed E-state index contributed by atoms with van der Waals surface area (Å²) in [5.41, 5.74) is 1.09. The van der Waals surface area contributed by atoms with Crippen molar-refractivity contribution < 1.29 is 19.4 Å². The molecule has 5 heteroatoms. The number of ether oxygens (including phenoxy) is 1. The lowest BCUT2D eigenvalue weighted by Crippen LogP contribution is -2.28. The third-order valence-corrected chi connectivity index (χ3v) is 4.14. The van der Waals surface area contributed by atoms with Gasteiger partial charge < -0.3 is 14.7 Å². The number of benzene rings is 2. The smallest absolute Gasteiger partial charge is 0.308 e. The molecule has 0 spiro atoms. The van der Waals surface area contributed by atoms with Gasteiger partial charge in [0.05, 0.1) is 5.92 Å². The number of rotatable bonds is 6. The second kappa shape index (κ2) is 7.17. The van der Waals surface area contributed by atoms with Crippen LogP contribution >= 0.6 is 0 Å². The molecule has 0 saturated carbocycles. The molecule has 1 aliphatic rings. The Morgan fingerprint density at radius 1 is 1.08 bits per heavy atom. The van der Waals surface area contributed by atoms with Gasteiger partial charge in [-0.2, -0.15) is 0 Å². The van der Waals surface area contributed by atoms with Gasteiger partial charge in [0.15, 0.2) is 0 Å². The number of amides is 1. The lowest BCUT2D eigenvalue weighted by atomic mass is 10.1. The number of likely N-dealkylation sites (tertiary alicyclic amines) is 1. The van der Waals surface area contributed by atoms with Crippen molar-refractivity contribution in [3.8, 4) is 11.5 Å². The third kappa shape index (κ3) is 3.93. The minimum atomic E-state index is -0.895. The fourth-order valence-electron chi connectivity index (χ4n) is 2.77. The molecule has 1 heterocycles. The molecule has 1 amide bonds. The average Bonchev–Trinajstić information content (AvgIpc) is 2.96. The van der Waals surface area contributed by atoms with E-state index >= 15 is 0 Å². The summed E-state index contributed by atoms with van der Waals surface area (Å²) in [4.78, 5) is 24.4. The van der Waals surface area contributed by atoms with Gasteiger partial charge in [-0.15, -0.1) is 0 Å². The van der Waals surface area contributed by atoms with Crippen molar-refractivity contribution in [2.45, 2.75) is 12.8 Å². The maximum atomic E-state index is 11.8. The van der Waals surface area contributed by atoms with Crippen molar-refractivity contribution in [2.24, 2.45) is 5.92 Å². The molecule has 1 saturated heterocycles. The molecule has 24 heavy (non-hydrogen) atoms. The first-order chi connectivity index (χ1) is 11.6. The van der Waals surface area contributed by atoms with Crippen LogP contribution in [-0.4, -0.2) is 35.0 Å². The van der Waals surface area contributed by atoms with Gasteiger partial charge in [-0.1, -0.05) is 30.3 Å². The molecule has 1 unspecified atom stereocenters. The van der Waals surface area contributed by atoms with E-state index in [1.54, 1.807) is 4.90 Å². The standard InChI is InChI=1S/C19H19NO4/c21-18-12-15(19(22)23)13-20(18)11-10-14-6-8-17(9-7-14)24-16-4-2-1-3-5-16/h1-9,15H,10-13H2,(H,22,23). The second-order valence-corrected chi connectivity index (χ2v) is 5.89. The van der Waals surface area contributed by atoms with E-state index in [0.717, 1.165) is 17.1 Å². The van der Waals surface area contributed by atoms with Crippen molar-refractivity contribution in [3.05, 3.63) is 60.2 Å². The molecule has 1 aliphatic heterocycles. The summed E-state index contributed by atoms with van der Waals surface area (Å²) < 4.78 is 5.74. The first-order valence-corrected chi connectivity index (χ1v) is 7.94. The minimum Gasteiger partial charge on any atom is -0.481 e. The van der Waals surface area contributed by atoms with E-state index in [-0.39, 0.29) is 12.3 Å². The molecule has 2 aromatic carbocycles. The van der Waals surface area contributed by atoms with Crippen LogP contribution < -0.4 is 4.74 Å². The van der Waals surface area contributed by atoms with Gasteiger partial charge in [0.25, 0.3) is 0 Å². The molecule has 124 valence electrons. The molecular weight excluding hydrogens is 306 g/mol. The largest absolute Gasteiger partial charge is 0.481 e. The van der Waals surface area contributed by atoms with Crippen molar-refractivity contribution in [2.75, 3.05) is 13.1 Å². The average molecular weight is 325 g/mol. The van der Waals surface area contributed by atoms with E-state index in [2.05, 4.69) is 0 Å². The van der Waals surface area contributed by atoms with Gasteiger partial charge in [0.2, 0.25) is 5.91 Å². The maximum Gasteiger partial charge on any atom is 0.308 e. The van der Waals surface area contributed by atoms with Crippen LogP contribution in [0.4, 0.5) is 0 Å². The number of aliphatic carboxylic acids is 1. The number of carboxylic acid groups (broad SMARTS) is 1. The first kappa shape index (κ1) is 16.1. The Hall–Kier alpha value is -2.82. The van der Waals surface area contributed by atoms with E-state index in [1.165, 1.54) is 0 Å². The summed E-state index contributed by atoms with van der Waals surface area (Å²) in [5, 5.41) is 8.99. The van der Waals surface area contributed by atoms with E-state index in [4.69, 9.17) is 9.84 Å². The molecule has 3 rings (SSSR count). The summed E-state index contributed by atoms with van der Waals surface area (Å²) in [5.74, 6) is -0.000362. The van der Waals surface area contributed by atoms with Crippen LogP contribution in [0.1, 0.15) is 12.0 Å². The van der Waals surface area contributed by atoms with Gasteiger partial charge >= 0.3 is 5.97 Å². The molecule has 1 N–H and O–H groups in total. The fourth-order valence-corrected chi connectivity index (χ4v) is 2.77. The lowest BCUT2D eigenvalue weighted by Gasteiger charge is -2.16. The Labute approximate surface area is 140 Å².